The molecule has 1 aromatic rings. The molecule has 59 valence electrons. The maximum atomic E-state index is 10.9. The highest BCUT2D eigenvalue weighted by Gasteiger charge is 2.04. The normalized spacial score (nSPS) is 12.6. The fourth-order valence-corrected chi connectivity index (χ4v) is 1.23. The smallest absolute Gasteiger partial charge is 0.164 e. The highest BCUT2D eigenvalue weighted by molar-refractivity contribution is 7.90. The summed E-state index contributed by atoms with van der Waals surface area (Å²) >= 11 is -0.976. The maximum absolute atomic E-state index is 10.9. The van der Waals surface area contributed by atoms with E-state index in [9.17, 15) is 4.55 Å². The van der Waals surface area contributed by atoms with Crippen molar-refractivity contribution in [3.8, 4) is 5.75 Å². The van der Waals surface area contributed by atoms with Gasteiger partial charge in [0, 0.05) is 12.1 Å². The number of hydrogen-bond donors (Lipinski definition) is 0. The van der Waals surface area contributed by atoms with E-state index in [1.54, 1.807) is 31.6 Å². The fourth-order valence-electron chi connectivity index (χ4n) is 0.718. The van der Waals surface area contributed by atoms with E-state index in [1.807, 2.05) is 0 Å². The minimum Gasteiger partial charge on any atom is -0.612 e. The molecule has 0 bridgehead atoms. The van der Waals surface area contributed by atoms with Gasteiger partial charge in [0.2, 0.25) is 0 Å². The molecule has 2 nitrogen and oxygen atoms in total. The first-order valence-electron chi connectivity index (χ1n) is 3.13. The Kier molecular flexibility index (Phi) is 2.79. The Balaban J connectivity index is 2.91. The van der Waals surface area contributed by atoms with E-state index in [2.05, 4.69) is 6.07 Å². The molecule has 0 heterocycles. The Bertz CT molecular complexity index is 235. The largest absolute Gasteiger partial charge is 0.612 e. The van der Waals surface area contributed by atoms with E-state index >= 15 is 0 Å². The lowest BCUT2D eigenvalue weighted by molar-refractivity contribution is 0.413. The van der Waals surface area contributed by atoms with Gasteiger partial charge in [-0.25, -0.2) is 0 Å². The number of ether oxygens (including phenoxy) is 1. The van der Waals surface area contributed by atoms with Crippen LogP contribution in [0.5, 0.6) is 5.75 Å². The minimum absolute atomic E-state index is 0.671. The highest BCUT2D eigenvalue weighted by atomic mass is 32.2. The zero-order valence-corrected chi connectivity index (χ0v) is 7.27. The summed E-state index contributed by atoms with van der Waals surface area (Å²) in [5.74, 6) is 0.717. The van der Waals surface area contributed by atoms with E-state index in [1.165, 1.54) is 0 Å². The third kappa shape index (κ3) is 2.13. The Labute approximate surface area is 69.4 Å². The molecule has 11 heavy (non-hydrogen) atoms. The summed E-state index contributed by atoms with van der Waals surface area (Å²) in [5.41, 5.74) is 0. The number of hydrogen-bond acceptors (Lipinski definition) is 2. The molecule has 0 amide bonds. The van der Waals surface area contributed by atoms with Gasteiger partial charge in [-0.15, -0.1) is 0 Å². The molecule has 0 saturated heterocycles. The Morgan fingerprint density at radius 1 is 1.64 bits per heavy atom. The molecule has 0 aliphatic rings. The summed E-state index contributed by atoms with van der Waals surface area (Å²) in [7, 11) is 1.58. The molecular weight excluding hydrogens is 160 g/mol. The molecule has 0 aromatic heterocycles. The lowest BCUT2D eigenvalue weighted by atomic mass is 10.3. The van der Waals surface area contributed by atoms with Crippen molar-refractivity contribution in [2.45, 2.75) is 4.90 Å². The van der Waals surface area contributed by atoms with Crippen LogP contribution in [0.3, 0.4) is 0 Å². The quantitative estimate of drug-likeness (QED) is 0.624. The van der Waals surface area contributed by atoms with Gasteiger partial charge in [-0.05, 0) is 23.3 Å². The predicted molar refractivity (Wildman–Crippen MR) is 44.2 cm³/mol. The first-order chi connectivity index (χ1) is 5.24. The monoisotopic (exact) mass is 169 g/mol. The summed E-state index contributed by atoms with van der Waals surface area (Å²) in [6, 6.07) is 8.06. The molecule has 0 saturated carbocycles. The van der Waals surface area contributed by atoms with Crippen LogP contribution in [0.25, 0.3) is 0 Å². The van der Waals surface area contributed by atoms with Crippen molar-refractivity contribution < 1.29 is 9.29 Å². The van der Waals surface area contributed by atoms with Gasteiger partial charge >= 0.3 is 0 Å². The van der Waals surface area contributed by atoms with Crippen molar-refractivity contribution in [1.29, 1.82) is 0 Å². The second-order valence-electron chi connectivity index (χ2n) is 2.05. The van der Waals surface area contributed by atoms with Gasteiger partial charge in [-0.3, -0.25) is 0 Å². The molecule has 0 N–H and O–H groups in total. The van der Waals surface area contributed by atoms with Crippen molar-refractivity contribution in [2.75, 3.05) is 13.4 Å². The third-order valence-corrected chi connectivity index (χ3v) is 2.15. The second-order valence-corrected chi connectivity index (χ2v) is 3.39. The van der Waals surface area contributed by atoms with Crippen LogP contribution in [0, 0.1) is 6.07 Å². The SMILES string of the molecule is COc1cc[c]c([S+](C)[O-])c1. The first kappa shape index (κ1) is 8.43. The topological polar surface area (TPSA) is 32.3 Å². The molecule has 3 heteroatoms. The van der Waals surface area contributed by atoms with E-state index in [0.29, 0.717) is 10.6 Å². The first-order valence-corrected chi connectivity index (χ1v) is 4.69. The summed E-state index contributed by atoms with van der Waals surface area (Å²) < 4.78 is 15.9. The van der Waals surface area contributed by atoms with Crippen molar-refractivity contribution >= 4 is 11.2 Å². The summed E-state index contributed by atoms with van der Waals surface area (Å²) in [6.45, 7) is 0. The molecule has 0 aliphatic carbocycles. The van der Waals surface area contributed by atoms with Crippen molar-refractivity contribution in [1.82, 2.24) is 0 Å². The summed E-state index contributed by atoms with van der Waals surface area (Å²) in [4.78, 5) is 0.671. The van der Waals surface area contributed by atoms with Gasteiger partial charge < -0.3 is 9.29 Å². The molecule has 1 rings (SSSR count). The van der Waals surface area contributed by atoms with E-state index in [0.717, 1.165) is 0 Å². The number of methoxy groups -OCH3 is 1. The average Bonchev–Trinajstić information content (AvgIpc) is 2.05. The van der Waals surface area contributed by atoms with Crippen molar-refractivity contribution in [3.63, 3.8) is 0 Å². The average molecular weight is 169 g/mol. The lowest BCUT2D eigenvalue weighted by Gasteiger charge is -2.04. The van der Waals surface area contributed by atoms with Gasteiger partial charge in [0.05, 0.1) is 7.11 Å². The van der Waals surface area contributed by atoms with Crippen LogP contribution in [-0.2, 0) is 11.2 Å². The molecule has 0 spiro atoms. The van der Waals surface area contributed by atoms with Crippen LogP contribution >= 0.6 is 0 Å². The molecule has 1 unspecified atom stereocenters. The van der Waals surface area contributed by atoms with Crippen LogP contribution in [0.15, 0.2) is 23.1 Å². The predicted octanol–water partition coefficient (Wildman–Crippen LogP) is 1.23. The minimum atomic E-state index is -0.976. The Hall–Kier alpha value is -0.670. The van der Waals surface area contributed by atoms with Gasteiger partial charge in [0.1, 0.15) is 12.0 Å². The number of benzene rings is 1. The van der Waals surface area contributed by atoms with Gasteiger partial charge in [0.25, 0.3) is 0 Å². The second kappa shape index (κ2) is 3.64. The van der Waals surface area contributed by atoms with Crippen LogP contribution in [0.1, 0.15) is 0 Å². The molecule has 0 aliphatic heterocycles. The van der Waals surface area contributed by atoms with E-state index in [-0.39, 0.29) is 0 Å². The van der Waals surface area contributed by atoms with Crippen LogP contribution in [-0.4, -0.2) is 17.9 Å². The lowest BCUT2D eigenvalue weighted by Crippen LogP contribution is -1.97. The Morgan fingerprint density at radius 2 is 2.36 bits per heavy atom. The molecule has 0 fully saturated rings. The van der Waals surface area contributed by atoms with E-state index < -0.39 is 11.2 Å². The maximum Gasteiger partial charge on any atom is 0.164 e. The van der Waals surface area contributed by atoms with E-state index in [4.69, 9.17) is 4.74 Å². The zero-order valence-electron chi connectivity index (χ0n) is 6.46. The van der Waals surface area contributed by atoms with Crippen LogP contribution < -0.4 is 4.74 Å². The zero-order chi connectivity index (χ0) is 8.27. The van der Waals surface area contributed by atoms with Gasteiger partial charge in [-0.1, -0.05) is 0 Å². The standard InChI is InChI=1S/C8H9O2S/c1-10-7-4-3-5-8(6-7)11(2)9/h3-4,6H,1-2H3. The molecular formula is C8H9O2S. The molecule has 1 aromatic carbocycles. The molecule has 1 radical (unpaired) electrons. The summed E-state index contributed by atoms with van der Waals surface area (Å²) in [5, 5.41) is 0. The third-order valence-electron chi connectivity index (χ3n) is 1.29. The highest BCUT2D eigenvalue weighted by Crippen LogP contribution is 2.15. The van der Waals surface area contributed by atoms with Crippen LogP contribution in [0.4, 0.5) is 0 Å². The Morgan fingerprint density at radius 3 is 2.91 bits per heavy atom. The molecule has 1 atom stereocenters. The summed E-state index contributed by atoms with van der Waals surface area (Å²) in [6.07, 6.45) is 1.62. The van der Waals surface area contributed by atoms with Crippen LogP contribution in [0.2, 0.25) is 0 Å². The van der Waals surface area contributed by atoms with Crippen molar-refractivity contribution in [2.24, 2.45) is 0 Å². The number of rotatable bonds is 2. The van der Waals surface area contributed by atoms with Gasteiger partial charge in [-0.2, -0.15) is 0 Å². The van der Waals surface area contributed by atoms with Crippen molar-refractivity contribution in [3.05, 3.63) is 24.3 Å². The van der Waals surface area contributed by atoms with Gasteiger partial charge in [0.15, 0.2) is 4.90 Å². The fraction of sp³-hybridized carbons (Fsp3) is 0.250.